The van der Waals surface area contributed by atoms with Crippen molar-refractivity contribution in [1.82, 2.24) is 0 Å². The van der Waals surface area contributed by atoms with Crippen molar-refractivity contribution in [3.63, 3.8) is 0 Å². The van der Waals surface area contributed by atoms with E-state index in [2.05, 4.69) is 63.9 Å². The predicted molar refractivity (Wildman–Crippen MR) is 83.7 cm³/mol. The van der Waals surface area contributed by atoms with E-state index in [4.69, 9.17) is 11.6 Å². The van der Waals surface area contributed by atoms with Gasteiger partial charge in [0.2, 0.25) is 0 Å². The topological polar surface area (TPSA) is 0 Å². The molecule has 0 aliphatic carbocycles. The number of hydrogen-bond donors (Lipinski definition) is 0. The van der Waals surface area contributed by atoms with Gasteiger partial charge in [-0.1, -0.05) is 33.6 Å². The van der Waals surface area contributed by atoms with E-state index in [-0.39, 0.29) is 4.83 Å². The summed E-state index contributed by atoms with van der Waals surface area (Å²) in [6.07, 6.45) is 0. The van der Waals surface area contributed by atoms with E-state index in [9.17, 15) is 0 Å². The van der Waals surface area contributed by atoms with Gasteiger partial charge in [-0.15, -0.1) is 11.3 Å². The Hall–Kier alpha value is 0.170. The van der Waals surface area contributed by atoms with Gasteiger partial charge in [-0.3, -0.25) is 0 Å². The maximum atomic E-state index is 6.32. The molecule has 1 atom stereocenters. The highest BCUT2D eigenvalue weighted by Gasteiger charge is 2.16. The van der Waals surface area contributed by atoms with Crippen molar-refractivity contribution in [3.05, 3.63) is 54.6 Å². The summed E-state index contributed by atoms with van der Waals surface area (Å²) in [7, 11) is 0. The summed E-state index contributed by atoms with van der Waals surface area (Å²) in [4.78, 5) is 1.41. The first-order valence-corrected chi connectivity index (χ1v) is 8.05. The largest absolute Gasteiger partial charge is 0.132 e. The Labute approximate surface area is 127 Å². The van der Waals surface area contributed by atoms with Gasteiger partial charge in [0.05, 0.1) is 8.61 Å². The third-order valence-electron chi connectivity index (χ3n) is 2.73. The van der Waals surface area contributed by atoms with E-state index in [0.717, 1.165) is 14.4 Å². The zero-order valence-electron chi connectivity index (χ0n) is 9.43. The second-order valence-corrected chi connectivity index (χ2v) is 7.78. The highest BCUT2D eigenvalue weighted by atomic mass is 79.9. The number of halogens is 3. The SMILES string of the molecule is Cc1cc(Cl)c(C(Br)c2ccc(Br)s2)cc1C. The van der Waals surface area contributed by atoms with Crippen LogP contribution >= 0.6 is 54.8 Å². The molecule has 0 aliphatic heterocycles. The molecule has 2 aromatic rings. The molecule has 90 valence electrons. The quantitative estimate of drug-likeness (QED) is 0.527. The predicted octanol–water partition coefficient (Wildman–Crippen LogP) is 6.27. The Kier molecular flexibility index (Phi) is 4.35. The summed E-state index contributed by atoms with van der Waals surface area (Å²) in [5.41, 5.74) is 3.62. The third-order valence-corrected chi connectivity index (χ3v) is 6.04. The van der Waals surface area contributed by atoms with Crippen LogP contribution in [-0.2, 0) is 0 Å². The fourth-order valence-corrected chi connectivity index (χ4v) is 4.31. The van der Waals surface area contributed by atoms with Crippen molar-refractivity contribution in [2.24, 2.45) is 0 Å². The van der Waals surface area contributed by atoms with Crippen LogP contribution in [0.2, 0.25) is 5.02 Å². The number of alkyl halides is 1. The van der Waals surface area contributed by atoms with Crippen molar-refractivity contribution in [3.8, 4) is 0 Å². The maximum Gasteiger partial charge on any atom is 0.0752 e. The van der Waals surface area contributed by atoms with Gasteiger partial charge in [-0.2, -0.15) is 0 Å². The molecule has 1 heterocycles. The van der Waals surface area contributed by atoms with Gasteiger partial charge in [-0.25, -0.2) is 0 Å². The fourth-order valence-electron chi connectivity index (χ4n) is 1.62. The molecule has 0 spiro atoms. The summed E-state index contributed by atoms with van der Waals surface area (Å²) in [5.74, 6) is 0. The molecule has 0 radical (unpaired) electrons. The molecular formula is C13H11Br2ClS. The van der Waals surface area contributed by atoms with Crippen LogP contribution in [-0.4, -0.2) is 0 Å². The molecule has 1 aromatic carbocycles. The lowest BCUT2D eigenvalue weighted by Gasteiger charge is -2.13. The third kappa shape index (κ3) is 2.95. The number of aryl methyl sites for hydroxylation is 2. The van der Waals surface area contributed by atoms with E-state index in [1.807, 2.05) is 6.07 Å². The first kappa shape index (κ1) is 13.6. The minimum Gasteiger partial charge on any atom is -0.132 e. The van der Waals surface area contributed by atoms with Crippen LogP contribution in [0.4, 0.5) is 0 Å². The van der Waals surface area contributed by atoms with Crippen LogP contribution in [0.3, 0.4) is 0 Å². The Morgan fingerprint density at radius 1 is 1.18 bits per heavy atom. The van der Waals surface area contributed by atoms with E-state index in [1.165, 1.54) is 16.0 Å². The molecule has 0 N–H and O–H groups in total. The number of thiophene rings is 1. The summed E-state index contributed by atoms with van der Waals surface area (Å²) in [5, 5.41) is 0.819. The monoisotopic (exact) mass is 392 g/mol. The Balaban J connectivity index is 2.43. The highest BCUT2D eigenvalue weighted by molar-refractivity contribution is 9.11. The average Bonchev–Trinajstić information content (AvgIpc) is 2.69. The van der Waals surface area contributed by atoms with Gasteiger partial charge >= 0.3 is 0 Å². The number of benzene rings is 1. The molecule has 1 aromatic heterocycles. The lowest BCUT2D eigenvalue weighted by molar-refractivity contribution is 1.19. The molecule has 0 amide bonds. The molecule has 17 heavy (non-hydrogen) atoms. The van der Waals surface area contributed by atoms with Crippen molar-refractivity contribution < 1.29 is 0 Å². The lowest BCUT2D eigenvalue weighted by Crippen LogP contribution is -1.94. The van der Waals surface area contributed by atoms with Crippen molar-refractivity contribution >= 4 is 54.8 Å². The van der Waals surface area contributed by atoms with Gasteiger partial charge in [0.25, 0.3) is 0 Å². The van der Waals surface area contributed by atoms with Gasteiger partial charge in [-0.05, 0) is 64.7 Å². The second-order valence-electron chi connectivity index (χ2n) is 3.96. The van der Waals surface area contributed by atoms with Crippen molar-refractivity contribution in [2.75, 3.05) is 0 Å². The minimum absolute atomic E-state index is 0.158. The van der Waals surface area contributed by atoms with E-state index in [0.29, 0.717) is 0 Å². The number of hydrogen-bond acceptors (Lipinski definition) is 1. The minimum atomic E-state index is 0.158. The molecular weight excluding hydrogens is 383 g/mol. The van der Waals surface area contributed by atoms with E-state index in [1.54, 1.807) is 11.3 Å². The molecule has 0 nitrogen and oxygen atoms in total. The first-order chi connectivity index (χ1) is 7.99. The molecule has 0 aliphatic rings. The smallest absolute Gasteiger partial charge is 0.0752 e. The zero-order chi connectivity index (χ0) is 12.6. The van der Waals surface area contributed by atoms with Crippen molar-refractivity contribution in [2.45, 2.75) is 18.7 Å². The standard InChI is InChI=1S/C13H11Br2ClS/c1-7-5-9(10(16)6-8(7)2)13(15)11-3-4-12(14)17-11/h3-6,13H,1-2H3. The normalized spacial score (nSPS) is 12.8. The van der Waals surface area contributed by atoms with Crippen LogP contribution in [0.25, 0.3) is 0 Å². The summed E-state index contributed by atoms with van der Waals surface area (Å²) in [6, 6.07) is 8.36. The van der Waals surface area contributed by atoms with Gasteiger partial charge in [0, 0.05) is 9.90 Å². The van der Waals surface area contributed by atoms with Crippen LogP contribution < -0.4 is 0 Å². The van der Waals surface area contributed by atoms with Crippen molar-refractivity contribution in [1.29, 1.82) is 0 Å². The summed E-state index contributed by atoms with van der Waals surface area (Å²) >= 11 is 15.2. The highest BCUT2D eigenvalue weighted by Crippen LogP contribution is 2.40. The zero-order valence-corrected chi connectivity index (χ0v) is 14.2. The van der Waals surface area contributed by atoms with Gasteiger partial charge < -0.3 is 0 Å². The molecule has 0 fully saturated rings. The van der Waals surface area contributed by atoms with Crippen LogP contribution in [0.5, 0.6) is 0 Å². The van der Waals surface area contributed by atoms with Gasteiger partial charge in [0.15, 0.2) is 0 Å². The first-order valence-electron chi connectivity index (χ1n) is 5.15. The maximum absolute atomic E-state index is 6.32. The molecule has 4 heteroatoms. The van der Waals surface area contributed by atoms with Crippen LogP contribution in [0.1, 0.15) is 26.4 Å². The number of rotatable bonds is 2. The molecule has 0 saturated carbocycles. The van der Waals surface area contributed by atoms with Gasteiger partial charge in [0.1, 0.15) is 0 Å². The molecule has 0 saturated heterocycles. The summed E-state index contributed by atoms with van der Waals surface area (Å²) < 4.78 is 1.14. The fraction of sp³-hybridized carbons (Fsp3) is 0.231. The Morgan fingerprint density at radius 3 is 2.41 bits per heavy atom. The van der Waals surface area contributed by atoms with E-state index < -0.39 is 0 Å². The van der Waals surface area contributed by atoms with E-state index >= 15 is 0 Å². The average molecular weight is 395 g/mol. The summed E-state index contributed by atoms with van der Waals surface area (Å²) in [6.45, 7) is 4.19. The van der Waals surface area contributed by atoms with Crippen LogP contribution in [0.15, 0.2) is 28.1 Å². The second kappa shape index (κ2) is 5.43. The molecule has 2 rings (SSSR count). The Morgan fingerprint density at radius 2 is 1.82 bits per heavy atom. The molecule has 0 bridgehead atoms. The molecule has 1 unspecified atom stereocenters. The lowest BCUT2D eigenvalue weighted by atomic mass is 10.0. The Bertz CT molecular complexity index is 548. The van der Waals surface area contributed by atoms with Crippen LogP contribution in [0, 0.1) is 13.8 Å².